The molecule has 0 saturated heterocycles. The number of amides is 1. The zero-order valence-electron chi connectivity index (χ0n) is 23.0. The molecule has 1 aliphatic rings. The molecule has 0 spiro atoms. The molecule has 0 aliphatic heterocycles. The number of imidazole rings is 1. The molecule has 0 radical (unpaired) electrons. The Morgan fingerprint density at radius 1 is 0.829 bits per heavy atom. The molecule has 6 rings (SSSR count). The second-order valence-corrected chi connectivity index (χ2v) is 11.3. The van der Waals surface area contributed by atoms with Crippen molar-refractivity contribution in [1.29, 1.82) is 0 Å². The fraction of sp³-hybridized carbons (Fsp3) is 0.222. The van der Waals surface area contributed by atoms with Gasteiger partial charge in [-0.1, -0.05) is 115 Å². The minimum atomic E-state index is -0.575. The number of aromatic nitrogens is 2. The second kappa shape index (κ2) is 12.2. The first-order valence-electron chi connectivity index (χ1n) is 14.4. The van der Waals surface area contributed by atoms with Gasteiger partial charge in [0.25, 0.3) is 0 Å². The molecule has 1 heterocycles. The summed E-state index contributed by atoms with van der Waals surface area (Å²) in [5, 5.41) is 3.93. The third kappa shape index (κ3) is 5.57. The molecule has 1 amide bonds. The van der Waals surface area contributed by atoms with E-state index >= 15 is 0 Å². The van der Waals surface area contributed by atoms with Gasteiger partial charge in [-0.25, -0.2) is 4.98 Å². The van der Waals surface area contributed by atoms with Gasteiger partial charge in [0.15, 0.2) is 0 Å². The minimum absolute atomic E-state index is 0.0893. The molecule has 5 aromatic rings. The summed E-state index contributed by atoms with van der Waals surface area (Å²) < 4.78 is 2.40. The zero-order chi connectivity index (χ0) is 28.1. The van der Waals surface area contributed by atoms with Gasteiger partial charge in [0.1, 0.15) is 5.54 Å². The molecule has 5 heteroatoms. The lowest BCUT2D eigenvalue weighted by Crippen LogP contribution is -2.40. The number of hydrogen-bond donors (Lipinski definition) is 1. The van der Waals surface area contributed by atoms with E-state index in [1.807, 2.05) is 30.6 Å². The van der Waals surface area contributed by atoms with Crippen molar-refractivity contribution in [3.8, 4) is 0 Å². The van der Waals surface area contributed by atoms with Gasteiger partial charge in [0.05, 0.1) is 12.0 Å². The first kappa shape index (κ1) is 27.0. The Morgan fingerprint density at radius 2 is 1.39 bits per heavy atom. The first-order valence-corrected chi connectivity index (χ1v) is 14.8. The Morgan fingerprint density at radius 3 is 1.95 bits per heavy atom. The van der Waals surface area contributed by atoms with E-state index in [0.717, 1.165) is 30.5 Å². The average Bonchev–Trinajstić information content (AvgIpc) is 3.45. The van der Waals surface area contributed by atoms with Crippen LogP contribution in [0.3, 0.4) is 0 Å². The molecule has 41 heavy (non-hydrogen) atoms. The lowest BCUT2D eigenvalue weighted by atomic mass is 9.76. The van der Waals surface area contributed by atoms with E-state index in [4.69, 9.17) is 16.6 Å². The standard InChI is InChI=1S/C36H34ClN3O/c37-32-20-16-27(17-21-32)19-23-35(41)38-25-28-18-22-33-34(24-28)40(26-39-33)36(29-10-4-1-5-11-29,30-12-6-2-7-13-30)31-14-8-3-9-15-31/h1-17,20-21,26,28H,18-19,22-25H2,(H,38,41). The van der Waals surface area contributed by atoms with E-state index in [-0.39, 0.29) is 5.91 Å². The van der Waals surface area contributed by atoms with E-state index < -0.39 is 5.54 Å². The summed E-state index contributed by atoms with van der Waals surface area (Å²) in [6.45, 7) is 0.666. The van der Waals surface area contributed by atoms with Crippen LogP contribution in [0.4, 0.5) is 0 Å². The van der Waals surface area contributed by atoms with Crippen LogP contribution in [0, 0.1) is 5.92 Å². The highest BCUT2D eigenvalue weighted by Gasteiger charge is 2.41. The summed E-state index contributed by atoms with van der Waals surface area (Å²) in [6, 6.07) is 39.9. The van der Waals surface area contributed by atoms with Crippen LogP contribution in [0.25, 0.3) is 0 Å². The fourth-order valence-corrected chi connectivity index (χ4v) is 6.35. The van der Waals surface area contributed by atoms with Crippen LogP contribution in [-0.2, 0) is 29.6 Å². The SMILES string of the molecule is O=C(CCc1ccc(Cl)cc1)NCC1CCc2ncn(C(c3ccccc3)(c3ccccc3)c3ccccc3)c2C1. The maximum absolute atomic E-state index is 12.7. The van der Waals surface area contributed by atoms with Crippen molar-refractivity contribution in [3.05, 3.63) is 160 Å². The van der Waals surface area contributed by atoms with E-state index in [1.54, 1.807) is 0 Å². The Hall–Kier alpha value is -4.15. The first-order chi connectivity index (χ1) is 20.1. The van der Waals surface area contributed by atoms with Gasteiger partial charge in [-0.15, -0.1) is 0 Å². The lowest BCUT2D eigenvalue weighted by molar-refractivity contribution is -0.121. The molecule has 1 N–H and O–H groups in total. The minimum Gasteiger partial charge on any atom is -0.356 e. The highest BCUT2D eigenvalue weighted by atomic mass is 35.5. The van der Waals surface area contributed by atoms with Crippen molar-refractivity contribution in [1.82, 2.24) is 14.9 Å². The highest BCUT2D eigenvalue weighted by molar-refractivity contribution is 6.30. The number of rotatable bonds is 9. The summed E-state index contributed by atoms with van der Waals surface area (Å²) in [5.74, 6) is 0.434. The number of carbonyl (C=O) groups is 1. The third-order valence-electron chi connectivity index (χ3n) is 8.30. The van der Waals surface area contributed by atoms with Gasteiger partial charge in [-0.3, -0.25) is 4.79 Å². The summed E-state index contributed by atoms with van der Waals surface area (Å²) in [7, 11) is 0. The smallest absolute Gasteiger partial charge is 0.220 e. The maximum Gasteiger partial charge on any atom is 0.220 e. The van der Waals surface area contributed by atoms with Crippen LogP contribution in [0.5, 0.6) is 0 Å². The van der Waals surface area contributed by atoms with E-state index in [9.17, 15) is 4.79 Å². The molecule has 1 unspecified atom stereocenters. The van der Waals surface area contributed by atoms with E-state index in [1.165, 1.54) is 22.4 Å². The van der Waals surface area contributed by atoms with Gasteiger partial charge in [-0.05, 0) is 66.0 Å². The van der Waals surface area contributed by atoms with Crippen LogP contribution < -0.4 is 5.32 Å². The van der Waals surface area contributed by atoms with Crippen LogP contribution in [0.1, 0.15) is 46.5 Å². The number of nitrogens with one attached hydrogen (secondary N) is 1. The van der Waals surface area contributed by atoms with E-state index in [2.05, 4.69) is 101 Å². The molecule has 4 nitrogen and oxygen atoms in total. The van der Waals surface area contributed by atoms with Gasteiger partial charge >= 0.3 is 0 Å². The maximum atomic E-state index is 12.7. The Kier molecular flexibility index (Phi) is 8.02. The molecule has 1 aliphatic carbocycles. The molecule has 0 fully saturated rings. The largest absolute Gasteiger partial charge is 0.356 e. The van der Waals surface area contributed by atoms with Gasteiger partial charge < -0.3 is 9.88 Å². The summed E-state index contributed by atoms with van der Waals surface area (Å²) in [5.41, 5.74) is 6.51. The molecular weight excluding hydrogens is 526 g/mol. The third-order valence-corrected chi connectivity index (χ3v) is 8.55. The summed E-state index contributed by atoms with van der Waals surface area (Å²) in [6.07, 6.45) is 5.99. The predicted octanol–water partition coefficient (Wildman–Crippen LogP) is 7.23. The number of benzene rings is 4. The number of halogens is 1. The van der Waals surface area contributed by atoms with E-state index in [0.29, 0.717) is 30.3 Å². The van der Waals surface area contributed by atoms with Crippen LogP contribution in [0.15, 0.2) is 122 Å². The number of aryl methyl sites for hydroxylation is 2. The molecular formula is C36H34ClN3O. The quantitative estimate of drug-likeness (QED) is 0.194. The van der Waals surface area contributed by atoms with Crippen LogP contribution >= 0.6 is 11.6 Å². The number of nitrogens with zero attached hydrogens (tertiary/aromatic N) is 2. The Bertz CT molecular complexity index is 1480. The molecule has 0 saturated carbocycles. The van der Waals surface area contributed by atoms with Crippen LogP contribution in [0.2, 0.25) is 5.02 Å². The summed E-state index contributed by atoms with van der Waals surface area (Å²) >= 11 is 6.00. The monoisotopic (exact) mass is 559 g/mol. The molecule has 4 aromatic carbocycles. The molecule has 1 atom stereocenters. The number of carbonyl (C=O) groups excluding carboxylic acids is 1. The topological polar surface area (TPSA) is 46.9 Å². The average molecular weight is 560 g/mol. The number of hydrogen-bond acceptors (Lipinski definition) is 2. The van der Waals surface area contributed by atoms with Crippen molar-refractivity contribution in [2.75, 3.05) is 6.54 Å². The summed E-state index contributed by atoms with van der Waals surface area (Å²) in [4.78, 5) is 17.7. The van der Waals surface area contributed by atoms with Gasteiger partial charge in [-0.2, -0.15) is 0 Å². The Balaban J connectivity index is 1.29. The fourth-order valence-electron chi connectivity index (χ4n) is 6.23. The van der Waals surface area contributed by atoms with Crippen LogP contribution in [-0.4, -0.2) is 22.0 Å². The highest BCUT2D eigenvalue weighted by Crippen LogP contribution is 2.43. The lowest BCUT2D eigenvalue weighted by Gasteiger charge is -2.39. The van der Waals surface area contributed by atoms with Crippen molar-refractivity contribution in [2.45, 2.75) is 37.6 Å². The molecule has 206 valence electrons. The Labute approximate surface area is 247 Å². The predicted molar refractivity (Wildman–Crippen MR) is 165 cm³/mol. The van der Waals surface area contributed by atoms with Crippen molar-refractivity contribution in [2.24, 2.45) is 5.92 Å². The molecule has 0 bridgehead atoms. The van der Waals surface area contributed by atoms with Crippen molar-refractivity contribution >= 4 is 17.5 Å². The van der Waals surface area contributed by atoms with Gasteiger partial charge in [0, 0.05) is 23.7 Å². The van der Waals surface area contributed by atoms with Crippen molar-refractivity contribution in [3.63, 3.8) is 0 Å². The molecule has 1 aromatic heterocycles. The second-order valence-electron chi connectivity index (χ2n) is 10.9. The number of fused-ring (bicyclic) bond motifs is 1. The normalized spacial score (nSPS) is 14.8. The van der Waals surface area contributed by atoms with Crippen molar-refractivity contribution < 1.29 is 4.79 Å². The van der Waals surface area contributed by atoms with Gasteiger partial charge in [0.2, 0.25) is 5.91 Å². The zero-order valence-corrected chi connectivity index (χ0v) is 23.8.